The van der Waals surface area contributed by atoms with Crippen molar-refractivity contribution in [1.29, 1.82) is 0 Å². The molecule has 0 atom stereocenters. The number of methoxy groups -OCH3 is 2. The van der Waals surface area contributed by atoms with Gasteiger partial charge in [-0.25, -0.2) is 24.9 Å². The Morgan fingerprint density at radius 1 is 0.402 bits per heavy atom. The molecule has 14 nitrogen and oxygen atoms in total. The van der Waals surface area contributed by atoms with Crippen LogP contribution in [0.1, 0.15) is 154 Å². The minimum absolute atomic E-state index is 0.244. The Morgan fingerprint density at radius 2 is 0.804 bits per heavy atom. The van der Waals surface area contributed by atoms with Gasteiger partial charge in [0.1, 0.15) is 23.2 Å². The molecule has 14 heteroatoms. The van der Waals surface area contributed by atoms with Gasteiger partial charge in [-0.05, 0) is 244 Å². The van der Waals surface area contributed by atoms with Gasteiger partial charge in [0.15, 0.2) is 11.6 Å². The van der Waals surface area contributed by atoms with Crippen LogP contribution < -0.4 is 24.2 Å². The van der Waals surface area contributed by atoms with Crippen LogP contribution in [0, 0.1) is 65.2 Å². The predicted molar refractivity (Wildman–Crippen MR) is 407 cm³/mol. The number of anilines is 5. The van der Waals surface area contributed by atoms with Crippen LogP contribution in [-0.2, 0) is 0 Å². The Bertz CT molecular complexity index is 5160. The summed E-state index contributed by atoms with van der Waals surface area (Å²) in [5.41, 5.74) is 17.7. The van der Waals surface area contributed by atoms with Gasteiger partial charge < -0.3 is 14.4 Å². The molecular formula is C88H74N8O6. The van der Waals surface area contributed by atoms with Crippen molar-refractivity contribution in [2.45, 2.75) is 87.0 Å². The van der Waals surface area contributed by atoms with E-state index < -0.39 is 23.6 Å². The van der Waals surface area contributed by atoms with Crippen molar-refractivity contribution in [3.63, 3.8) is 0 Å². The number of aromatic nitrogens is 2. The summed E-state index contributed by atoms with van der Waals surface area (Å²) in [4.78, 5) is 84.4. The fourth-order valence-corrected chi connectivity index (χ4v) is 14.5. The second-order valence-electron chi connectivity index (χ2n) is 26.1. The van der Waals surface area contributed by atoms with Crippen molar-refractivity contribution in [3.8, 4) is 46.3 Å². The summed E-state index contributed by atoms with van der Waals surface area (Å²) in [6, 6.07) is 60.5. The van der Waals surface area contributed by atoms with Gasteiger partial charge in [0.25, 0.3) is 23.6 Å². The molecule has 3 aliphatic heterocycles. The average molecular weight is 1340 g/mol. The number of ether oxygens (including phenoxy) is 2. The first-order chi connectivity index (χ1) is 49.6. The summed E-state index contributed by atoms with van der Waals surface area (Å²) in [5, 5.41) is 0.681. The maximum absolute atomic E-state index is 14.9. The first kappa shape index (κ1) is 66.7. The molecule has 0 fully saturated rings. The number of hydrogen-bond donors (Lipinski definition) is 0. The zero-order valence-electron chi connectivity index (χ0n) is 58.5. The summed E-state index contributed by atoms with van der Waals surface area (Å²) in [5.74, 6) is 15.9. The standard InChI is InChI=1S/C88H74N8O6/c1-10-11-12-13-14-21-44-93-85(97)72-38-40-74-81-75(41-39-73(80(72)81)86(93)98)88(100)96(87(74)99)82-58(6)47-61(48-59(82)7)27-29-63-51-62(52-67(53-63)95-83(91-76-24-17-19-42-89-76)70-22-15-16-23-71(70)84(95)92-77-25-18-20-43-90-77)28-26-60-45-54(2)78(55(3)46-60)79-56(4)49-66(50-57(79)5)94(64-30-34-68(101-8)35-31-64)65-32-36-69(102-9)37-33-65/h15-20,22-25,30-43,45-53H,10-14,21,44H2,1-9H3/b91-83+,92-84+. The highest BCUT2D eigenvalue weighted by atomic mass is 16.5. The summed E-state index contributed by atoms with van der Waals surface area (Å²) in [6.07, 6.45) is 9.48. The van der Waals surface area contributed by atoms with E-state index in [0.717, 1.165) is 111 Å². The lowest BCUT2D eigenvalue weighted by atomic mass is 9.85. The zero-order chi connectivity index (χ0) is 70.9. The minimum atomic E-state index is -0.543. The van der Waals surface area contributed by atoms with E-state index in [1.807, 2.05) is 134 Å². The third-order valence-corrected chi connectivity index (χ3v) is 19.1. The Morgan fingerprint density at radius 3 is 1.24 bits per heavy atom. The van der Waals surface area contributed by atoms with E-state index in [1.54, 1.807) is 50.9 Å². The lowest BCUT2D eigenvalue weighted by Gasteiger charge is -2.33. The molecule has 0 saturated carbocycles. The number of carbonyl (C=O) groups is 4. The number of benzene rings is 9. The van der Waals surface area contributed by atoms with Crippen molar-refractivity contribution < 1.29 is 28.7 Å². The molecule has 14 rings (SSSR count). The highest BCUT2D eigenvalue weighted by Crippen LogP contribution is 2.44. The van der Waals surface area contributed by atoms with E-state index in [9.17, 15) is 19.2 Å². The first-order valence-electron chi connectivity index (χ1n) is 34.4. The van der Waals surface area contributed by atoms with E-state index in [0.29, 0.717) is 97.4 Å². The largest absolute Gasteiger partial charge is 0.497 e. The fraction of sp³-hybridized carbons (Fsp3) is 0.182. The molecule has 11 aromatic rings. The van der Waals surface area contributed by atoms with Gasteiger partial charge in [-0.2, -0.15) is 0 Å². The highest BCUT2D eigenvalue weighted by Gasteiger charge is 2.41. The Balaban J connectivity index is 0.827. The number of amides is 4. The van der Waals surface area contributed by atoms with Crippen molar-refractivity contribution >= 4 is 86.1 Å². The summed E-state index contributed by atoms with van der Waals surface area (Å²) < 4.78 is 11.1. The molecule has 102 heavy (non-hydrogen) atoms. The number of fused-ring (bicyclic) bond motifs is 1. The monoisotopic (exact) mass is 1340 g/mol. The number of imide groups is 2. The number of aryl methyl sites for hydroxylation is 6. The topological polar surface area (TPSA) is 150 Å². The van der Waals surface area contributed by atoms with Crippen LogP contribution >= 0.6 is 0 Å². The normalized spacial score (nSPS) is 13.7. The molecule has 0 aliphatic carbocycles. The molecule has 0 radical (unpaired) electrons. The molecule has 3 aliphatic rings. The molecule has 0 unspecified atom stereocenters. The van der Waals surface area contributed by atoms with Crippen LogP contribution in [0.25, 0.3) is 21.9 Å². The maximum Gasteiger partial charge on any atom is 0.266 e. The highest BCUT2D eigenvalue weighted by molar-refractivity contribution is 6.40. The van der Waals surface area contributed by atoms with Crippen molar-refractivity contribution in [2.75, 3.05) is 35.5 Å². The van der Waals surface area contributed by atoms with Gasteiger partial charge in [0, 0.05) is 102 Å². The molecule has 9 aromatic carbocycles. The molecule has 4 amide bonds. The second-order valence-corrected chi connectivity index (χ2v) is 26.1. The van der Waals surface area contributed by atoms with Crippen LogP contribution in [0.4, 0.5) is 40.1 Å². The number of aliphatic imine (C=N–C) groups is 2. The summed E-state index contributed by atoms with van der Waals surface area (Å²) in [7, 11) is 3.35. The van der Waals surface area contributed by atoms with Crippen molar-refractivity contribution in [3.05, 3.63) is 289 Å². The molecule has 0 bridgehead atoms. The third-order valence-electron chi connectivity index (χ3n) is 19.1. The Labute approximate surface area is 594 Å². The molecule has 0 saturated heterocycles. The van der Waals surface area contributed by atoms with Crippen LogP contribution in [0.3, 0.4) is 0 Å². The minimum Gasteiger partial charge on any atom is -0.497 e. The van der Waals surface area contributed by atoms with E-state index in [2.05, 4.69) is 122 Å². The number of carbonyl (C=O) groups excluding carboxylic acids is 4. The lowest BCUT2D eigenvalue weighted by Crippen LogP contribution is -2.44. The van der Waals surface area contributed by atoms with Crippen LogP contribution in [0.5, 0.6) is 11.5 Å². The number of unbranched alkanes of at least 4 members (excludes halogenated alkanes) is 5. The Kier molecular flexibility index (Phi) is 18.6. The first-order valence-corrected chi connectivity index (χ1v) is 34.4. The average Bonchev–Trinajstić information content (AvgIpc) is 0.899. The van der Waals surface area contributed by atoms with E-state index >= 15 is 0 Å². The van der Waals surface area contributed by atoms with Crippen molar-refractivity contribution in [2.24, 2.45) is 9.98 Å². The second kappa shape index (κ2) is 28.4. The summed E-state index contributed by atoms with van der Waals surface area (Å²) in [6.45, 7) is 14.8. The van der Waals surface area contributed by atoms with Gasteiger partial charge in [-0.15, -0.1) is 0 Å². The fourth-order valence-electron chi connectivity index (χ4n) is 14.5. The summed E-state index contributed by atoms with van der Waals surface area (Å²) >= 11 is 0. The maximum atomic E-state index is 14.9. The van der Waals surface area contributed by atoms with Gasteiger partial charge in [0.05, 0.1) is 25.6 Å². The van der Waals surface area contributed by atoms with Gasteiger partial charge >= 0.3 is 0 Å². The van der Waals surface area contributed by atoms with Crippen LogP contribution in [-0.4, -0.2) is 70.9 Å². The third kappa shape index (κ3) is 12.8. The molecule has 2 aromatic heterocycles. The molecular weight excluding hydrogens is 1270 g/mol. The van der Waals surface area contributed by atoms with Gasteiger partial charge in [0.2, 0.25) is 0 Å². The molecule has 0 spiro atoms. The number of amidine groups is 2. The number of hydrogen-bond acceptors (Lipinski definition) is 11. The number of rotatable bonds is 17. The quantitative estimate of drug-likeness (QED) is 0.0490. The van der Waals surface area contributed by atoms with Crippen LogP contribution in [0.2, 0.25) is 0 Å². The molecule has 0 N–H and O–H groups in total. The molecule has 502 valence electrons. The van der Waals surface area contributed by atoms with Crippen LogP contribution in [0.15, 0.2) is 210 Å². The Hall–Kier alpha value is -12.5. The molecule has 5 heterocycles. The van der Waals surface area contributed by atoms with Gasteiger partial charge in [-0.1, -0.05) is 99.1 Å². The number of pyridine rings is 2. The predicted octanol–water partition coefficient (Wildman–Crippen LogP) is 18.9. The lowest BCUT2D eigenvalue weighted by molar-refractivity contribution is 0.0606. The van der Waals surface area contributed by atoms with E-state index in [-0.39, 0.29) is 11.1 Å². The number of nitrogens with zero attached hydrogens (tertiary/aromatic N) is 8. The van der Waals surface area contributed by atoms with Gasteiger partial charge in [-0.3, -0.25) is 29.0 Å². The van der Waals surface area contributed by atoms with E-state index in [4.69, 9.17) is 19.5 Å². The van der Waals surface area contributed by atoms with Crippen molar-refractivity contribution in [1.82, 2.24) is 14.9 Å². The van der Waals surface area contributed by atoms with E-state index in [1.165, 1.54) is 9.80 Å². The SMILES string of the molecule is CCCCCCCCN1C(=O)c2ccc3c4c(ccc(c24)C1=O)C(=O)N(c1c(C)cc(C#Cc2cc(C#Cc4cc(C)c(-c5c(C)cc(N(c6ccc(OC)cc6)c6ccc(OC)cc6)cc5C)c(C)c4)cc(N4/C(=N/c5ccccn5)c5ccccc5/C4=N\c4ccccn4)c2)cc1C)C3=O. The zero-order valence-corrected chi connectivity index (χ0v) is 58.5. The smallest absolute Gasteiger partial charge is 0.266 e.